The van der Waals surface area contributed by atoms with E-state index < -0.39 is 11.9 Å². The zero-order valence-electron chi connectivity index (χ0n) is 12.7. The van der Waals surface area contributed by atoms with Gasteiger partial charge in [-0.25, -0.2) is 4.79 Å². The van der Waals surface area contributed by atoms with Crippen molar-refractivity contribution < 1.29 is 19.1 Å². The van der Waals surface area contributed by atoms with Crippen LogP contribution in [0.25, 0.3) is 0 Å². The van der Waals surface area contributed by atoms with Crippen LogP contribution in [0.2, 0.25) is 0 Å². The number of hydrogen-bond acceptors (Lipinski definition) is 4. The summed E-state index contributed by atoms with van der Waals surface area (Å²) in [6, 6.07) is 13.4. The molecule has 1 aromatic carbocycles. The van der Waals surface area contributed by atoms with Crippen LogP contribution in [-0.4, -0.2) is 30.2 Å². The third kappa shape index (κ3) is 3.75. The summed E-state index contributed by atoms with van der Waals surface area (Å²) in [6.45, 7) is 2.02. The van der Waals surface area contributed by atoms with Crippen molar-refractivity contribution in [1.29, 1.82) is 0 Å². The number of esters is 2. The van der Waals surface area contributed by atoms with E-state index in [2.05, 4.69) is 4.74 Å². The Morgan fingerprint density at radius 3 is 2.55 bits per heavy atom. The normalized spacial score (nSPS) is 11.7. The Morgan fingerprint density at radius 2 is 1.86 bits per heavy atom. The van der Waals surface area contributed by atoms with E-state index in [0.717, 1.165) is 5.56 Å². The number of rotatable bonds is 6. The molecular weight excluding hydrogens is 282 g/mol. The van der Waals surface area contributed by atoms with Crippen LogP contribution in [0.15, 0.2) is 48.7 Å². The number of carbonyl (C=O) groups is 2. The highest BCUT2D eigenvalue weighted by molar-refractivity contribution is 5.88. The van der Waals surface area contributed by atoms with Crippen LogP contribution in [0.4, 0.5) is 0 Å². The third-order valence-corrected chi connectivity index (χ3v) is 3.45. The maximum Gasteiger partial charge on any atom is 0.354 e. The summed E-state index contributed by atoms with van der Waals surface area (Å²) in [5.74, 6) is -0.850. The fraction of sp³-hybridized carbons (Fsp3) is 0.294. The van der Waals surface area contributed by atoms with Crippen molar-refractivity contribution in [2.24, 2.45) is 0 Å². The lowest BCUT2D eigenvalue weighted by Crippen LogP contribution is -2.17. The van der Waals surface area contributed by atoms with Crippen LogP contribution in [-0.2, 0) is 14.3 Å². The lowest BCUT2D eigenvalue weighted by molar-refractivity contribution is -0.141. The van der Waals surface area contributed by atoms with Gasteiger partial charge in [-0.2, -0.15) is 0 Å². The van der Waals surface area contributed by atoms with Crippen molar-refractivity contribution in [2.45, 2.75) is 19.4 Å². The first-order chi connectivity index (χ1) is 10.6. The predicted molar refractivity (Wildman–Crippen MR) is 81.6 cm³/mol. The second-order valence-electron chi connectivity index (χ2n) is 4.85. The highest BCUT2D eigenvalue weighted by atomic mass is 16.5. The number of hydrogen-bond donors (Lipinski definition) is 0. The summed E-state index contributed by atoms with van der Waals surface area (Å²) in [5, 5.41) is 0. The van der Waals surface area contributed by atoms with E-state index in [1.165, 1.54) is 7.11 Å². The van der Waals surface area contributed by atoms with Crippen LogP contribution in [0.3, 0.4) is 0 Å². The fourth-order valence-corrected chi connectivity index (χ4v) is 2.20. The molecule has 5 heteroatoms. The zero-order chi connectivity index (χ0) is 15.9. The second kappa shape index (κ2) is 7.45. The summed E-state index contributed by atoms with van der Waals surface area (Å²) in [6.07, 6.45) is 1.89. The molecule has 0 unspecified atom stereocenters. The Labute approximate surface area is 129 Å². The Morgan fingerprint density at radius 1 is 1.14 bits per heavy atom. The lowest BCUT2D eigenvalue weighted by atomic mass is 10.1. The quantitative estimate of drug-likeness (QED) is 0.770. The van der Waals surface area contributed by atoms with E-state index in [-0.39, 0.29) is 19.1 Å². The SMILES string of the molecule is COC(=O)CCOC(=O)c1cccn1[C@H](C)c1ccccc1. The van der Waals surface area contributed by atoms with Gasteiger partial charge in [0, 0.05) is 6.20 Å². The minimum atomic E-state index is -0.448. The molecule has 0 saturated carbocycles. The average molecular weight is 301 g/mol. The molecule has 116 valence electrons. The molecule has 0 N–H and O–H groups in total. The number of ether oxygens (including phenoxy) is 2. The smallest absolute Gasteiger partial charge is 0.354 e. The summed E-state index contributed by atoms with van der Waals surface area (Å²) in [4.78, 5) is 23.2. The first-order valence-corrected chi connectivity index (χ1v) is 7.09. The van der Waals surface area contributed by atoms with E-state index in [1.807, 2.05) is 48.0 Å². The van der Waals surface area contributed by atoms with Crippen molar-refractivity contribution in [3.8, 4) is 0 Å². The first-order valence-electron chi connectivity index (χ1n) is 7.09. The minimum Gasteiger partial charge on any atom is -0.469 e. The molecule has 0 amide bonds. The number of nitrogens with zero attached hydrogens (tertiary/aromatic N) is 1. The molecule has 0 spiro atoms. The molecule has 0 saturated heterocycles. The minimum absolute atomic E-state index is 0.0103. The first kappa shape index (κ1) is 15.8. The average Bonchev–Trinajstić information content (AvgIpc) is 3.04. The predicted octanol–water partition coefficient (Wildman–Crippen LogP) is 2.82. The Balaban J connectivity index is 2.06. The van der Waals surface area contributed by atoms with Crippen molar-refractivity contribution in [3.05, 3.63) is 59.9 Å². The largest absolute Gasteiger partial charge is 0.469 e. The van der Waals surface area contributed by atoms with E-state index in [0.29, 0.717) is 5.69 Å². The number of methoxy groups -OCH3 is 1. The van der Waals surface area contributed by atoms with E-state index in [4.69, 9.17) is 4.74 Å². The molecule has 0 aliphatic rings. The summed E-state index contributed by atoms with van der Waals surface area (Å²) < 4.78 is 11.5. The van der Waals surface area contributed by atoms with Gasteiger partial charge in [0.25, 0.3) is 0 Å². The molecule has 0 radical (unpaired) electrons. The Bertz CT molecular complexity index is 633. The van der Waals surface area contributed by atoms with Crippen molar-refractivity contribution in [3.63, 3.8) is 0 Å². The van der Waals surface area contributed by atoms with Gasteiger partial charge in [0.05, 0.1) is 19.6 Å². The maximum absolute atomic E-state index is 12.1. The molecule has 1 aromatic heterocycles. The van der Waals surface area contributed by atoms with Crippen molar-refractivity contribution in [2.75, 3.05) is 13.7 Å². The van der Waals surface area contributed by atoms with Gasteiger partial charge in [0.2, 0.25) is 0 Å². The number of aromatic nitrogens is 1. The third-order valence-electron chi connectivity index (χ3n) is 3.45. The molecule has 0 aliphatic heterocycles. The lowest BCUT2D eigenvalue weighted by Gasteiger charge is -2.17. The highest BCUT2D eigenvalue weighted by Gasteiger charge is 2.17. The van der Waals surface area contributed by atoms with Crippen LogP contribution < -0.4 is 0 Å². The van der Waals surface area contributed by atoms with Gasteiger partial charge in [0.1, 0.15) is 12.3 Å². The van der Waals surface area contributed by atoms with E-state index >= 15 is 0 Å². The molecule has 1 heterocycles. The Kier molecular flexibility index (Phi) is 5.36. The zero-order valence-corrected chi connectivity index (χ0v) is 12.7. The number of benzene rings is 1. The van der Waals surface area contributed by atoms with Crippen LogP contribution in [0.1, 0.15) is 35.4 Å². The summed E-state index contributed by atoms with van der Waals surface area (Å²) in [5.41, 5.74) is 1.56. The van der Waals surface area contributed by atoms with Crippen LogP contribution in [0, 0.1) is 0 Å². The van der Waals surface area contributed by atoms with Gasteiger partial charge in [-0.3, -0.25) is 4.79 Å². The molecular formula is C17H19NO4. The maximum atomic E-state index is 12.1. The van der Waals surface area contributed by atoms with Gasteiger partial charge in [0.15, 0.2) is 0 Å². The molecule has 0 fully saturated rings. The van der Waals surface area contributed by atoms with Crippen molar-refractivity contribution in [1.82, 2.24) is 4.57 Å². The molecule has 0 aliphatic carbocycles. The van der Waals surface area contributed by atoms with Crippen LogP contribution in [0.5, 0.6) is 0 Å². The monoisotopic (exact) mass is 301 g/mol. The second-order valence-corrected chi connectivity index (χ2v) is 4.85. The molecule has 2 rings (SSSR count). The molecule has 2 aromatic rings. The topological polar surface area (TPSA) is 57.5 Å². The summed E-state index contributed by atoms with van der Waals surface area (Å²) in [7, 11) is 1.30. The standard InChI is InChI=1S/C17H19NO4/c1-13(14-7-4-3-5-8-14)18-11-6-9-15(18)17(20)22-12-10-16(19)21-2/h3-9,11,13H,10,12H2,1-2H3/t13-/m1/s1. The van der Waals surface area contributed by atoms with Gasteiger partial charge < -0.3 is 14.0 Å². The molecule has 0 bridgehead atoms. The number of carbonyl (C=O) groups excluding carboxylic acids is 2. The van der Waals surface area contributed by atoms with E-state index in [9.17, 15) is 9.59 Å². The van der Waals surface area contributed by atoms with Gasteiger partial charge in [-0.05, 0) is 24.6 Å². The molecule has 5 nitrogen and oxygen atoms in total. The van der Waals surface area contributed by atoms with Gasteiger partial charge in [-0.1, -0.05) is 30.3 Å². The van der Waals surface area contributed by atoms with Crippen LogP contribution >= 0.6 is 0 Å². The van der Waals surface area contributed by atoms with Gasteiger partial charge in [-0.15, -0.1) is 0 Å². The Hall–Kier alpha value is -2.56. The molecule has 22 heavy (non-hydrogen) atoms. The highest BCUT2D eigenvalue weighted by Crippen LogP contribution is 2.20. The van der Waals surface area contributed by atoms with Gasteiger partial charge >= 0.3 is 11.9 Å². The van der Waals surface area contributed by atoms with E-state index in [1.54, 1.807) is 12.1 Å². The summed E-state index contributed by atoms with van der Waals surface area (Å²) >= 11 is 0. The fourth-order valence-electron chi connectivity index (χ4n) is 2.20. The van der Waals surface area contributed by atoms with Crippen molar-refractivity contribution >= 4 is 11.9 Å². The molecule has 1 atom stereocenters.